The molecule has 0 saturated carbocycles. The van der Waals surface area contributed by atoms with Crippen LogP contribution in [-0.4, -0.2) is 18.5 Å². The molecule has 1 amide bonds. The average Bonchev–Trinajstić information content (AvgIpc) is 2.26. The first-order chi connectivity index (χ1) is 8.42. The Morgan fingerprint density at radius 3 is 2.16 bits per heavy atom. The molecular weight excluding hydrogens is 260 g/mol. The Kier molecular flexibility index (Phi) is 7.72. The van der Waals surface area contributed by atoms with E-state index in [2.05, 4.69) is 25.2 Å². The summed E-state index contributed by atoms with van der Waals surface area (Å²) < 4.78 is 0. The van der Waals surface area contributed by atoms with Crippen molar-refractivity contribution in [3.63, 3.8) is 0 Å². The summed E-state index contributed by atoms with van der Waals surface area (Å²) in [5.41, 5.74) is 8.62. The second-order valence-corrected chi connectivity index (χ2v) is 5.41. The minimum absolute atomic E-state index is 0. The summed E-state index contributed by atoms with van der Waals surface area (Å²) in [5, 5.41) is 3.00. The zero-order valence-electron chi connectivity index (χ0n) is 12.2. The molecule has 1 aromatic rings. The van der Waals surface area contributed by atoms with Crippen LogP contribution in [0.15, 0.2) is 18.2 Å². The molecule has 1 unspecified atom stereocenters. The zero-order chi connectivity index (χ0) is 13.7. The molecule has 1 aromatic carbocycles. The van der Waals surface area contributed by atoms with Gasteiger partial charge in [-0.3, -0.25) is 4.79 Å². The van der Waals surface area contributed by atoms with E-state index in [-0.39, 0.29) is 24.4 Å². The molecule has 0 saturated heterocycles. The van der Waals surface area contributed by atoms with Crippen LogP contribution < -0.4 is 11.1 Å². The van der Waals surface area contributed by atoms with Crippen LogP contribution in [0.2, 0.25) is 0 Å². The van der Waals surface area contributed by atoms with Gasteiger partial charge in [0.05, 0.1) is 0 Å². The summed E-state index contributed by atoms with van der Waals surface area (Å²) in [6, 6.07) is 5.93. The molecule has 0 bridgehead atoms. The molecule has 0 aliphatic rings. The summed E-state index contributed by atoms with van der Waals surface area (Å²) in [7, 11) is 0. The monoisotopic (exact) mass is 284 g/mol. The molecular formula is C15H25ClN2O. The average molecular weight is 285 g/mol. The number of rotatable bonds is 5. The topological polar surface area (TPSA) is 55.1 Å². The van der Waals surface area contributed by atoms with Gasteiger partial charge in [0.25, 0.3) is 5.91 Å². The summed E-state index contributed by atoms with van der Waals surface area (Å²) in [5.74, 6) is 0.496. The lowest BCUT2D eigenvalue weighted by atomic mass is 10.0. The van der Waals surface area contributed by atoms with Crippen LogP contribution in [0.3, 0.4) is 0 Å². The van der Waals surface area contributed by atoms with Gasteiger partial charge in [0, 0.05) is 18.2 Å². The van der Waals surface area contributed by atoms with E-state index in [0.717, 1.165) is 23.1 Å². The molecule has 19 heavy (non-hydrogen) atoms. The number of nitrogens with two attached hydrogens (primary N) is 1. The van der Waals surface area contributed by atoms with E-state index in [9.17, 15) is 4.79 Å². The van der Waals surface area contributed by atoms with Crippen LogP contribution in [0, 0.1) is 19.8 Å². The lowest BCUT2D eigenvalue weighted by Crippen LogP contribution is -2.41. The Bertz CT molecular complexity index is 398. The number of hydrogen-bond acceptors (Lipinski definition) is 2. The van der Waals surface area contributed by atoms with Crippen molar-refractivity contribution in [2.75, 3.05) is 6.54 Å². The van der Waals surface area contributed by atoms with Gasteiger partial charge in [0.2, 0.25) is 0 Å². The van der Waals surface area contributed by atoms with Gasteiger partial charge in [-0.15, -0.1) is 12.4 Å². The molecule has 0 heterocycles. The number of hydrogen-bond donors (Lipinski definition) is 2. The van der Waals surface area contributed by atoms with E-state index in [0.29, 0.717) is 12.5 Å². The van der Waals surface area contributed by atoms with Gasteiger partial charge in [0.15, 0.2) is 0 Å². The van der Waals surface area contributed by atoms with E-state index in [1.807, 2.05) is 26.0 Å². The van der Waals surface area contributed by atoms with Crippen LogP contribution in [0.25, 0.3) is 0 Å². The summed E-state index contributed by atoms with van der Waals surface area (Å²) in [4.78, 5) is 12.1. The Morgan fingerprint density at radius 1 is 1.21 bits per heavy atom. The molecule has 1 atom stereocenters. The summed E-state index contributed by atoms with van der Waals surface area (Å²) >= 11 is 0. The second kappa shape index (κ2) is 8.18. The first kappa shape index (κ1) is 17.9. The third-order valence-electron chi connectivity index (χ3n) is 2.86. The van der Waals surface area contributed by atoms with E-state index in [4.69, 9.17) is 5.73 Å². The van der Waals surface area contributed by atoms with Gasteiger partial charge in [0.1, 0.15) is 0 Å². The number of benzene rings is 1. The molecule has 4 heteroatoms. The van der Waals surface area contributed by atoms with Gasteiger partial charge in [-0.25, -0.2) is 0 Å². The molecule has 1 rings (SSSR count). The van der Waals surface area contributed by atoms with Crippen molar-refractivity contribution in [1.82, 2.24) is 5.32 Å². The molecule has 0 radical (unpaired) electrons. The lowest BCUT2D eigenvalue weighted by Gasteiger charge is -2.19. The molecule has 0 spiro atoms. The number of carbonyl (C=O) groups is 1. The molecule has 0 fully saturated rings. The van der Waals surface area contributed by atoms with E-state index in [1.165, 1.54) is 0 Å². The smallest absolute Gasteiger partial charge is 0.251 e. The highest BCUT2D eigenvalue weighted by atomic mass is 35.5. The Morgan fingerprint density at radius 2 is 1.74 bits per heavy atom. The normalized spacial score (nSPS) is 11.9. The fourth-order valence-corrected chi connectivity index (χ4v) is 2.16. The molecule has 0 aliphatic carbocycles. The fraction of sp³-hybridized carbons (Fsp3) is 0.533. The second-order valence-electron chi connectivity index (χ2n) is 5.41. The third kappa shape index (κ3) is 6.08. The predicted molar refractivity (Wildman–Crippen MR) is 82.9 cm³/mol. The van der Waals surface area contributed by atoms with Crippen LogP contribution in [0.4, 0.5) is 0 Å². The van der Waals surface area contributed by atoms with Crippen LogP contribution >= 0.6 is 12.4 Å². The maximum Gasteiger partial charge on any atom is 0.251 e. The SMILES string of the molecule is Cc1cc(C)cc(C(=O)NC(CN)CC(C)C)c1.Cl. The lowest BCUT2D eigenvalue weighted by molar-refractivity contribution is 0.0933. The molecule has 0 aliphatic heterocycles. The van der Waals surface area contributed by atoms with Crippen molar-refractivity contribution in [3.05, 3.63) is 34.9 Å². The first-order valence-corrected chi connectivity index (χ1v) is 6.51. The minimum Gasteiger partial charge on any atom is -0.348 e. The quantitative estimate of drug-likeness (QED) is 0.873. The molecule has 0 aromatic heterocycles. The molecule has 3 nitrogen and oxygen atoms in total. The van der Waals surface area contributed by atoms with Crippen molar-refractivity contribution < 1.29 is 4.79 Å². The van der Waals surface area contributed by atoms with Crippen molar-refractivity contribution in [2.45, 2.75) is 40.2 Å². The van der Waals surface area contributed by atoms with Gasteiger partial charge < -0.3 is 11.1 Å². The number of carbonyl (C=O) groups excluding carboxylic acids is 1. The zero-order valence-corrected chi connectivity index (χ0v) is 13.0. The molecule has 3 N–H and O–H groups in total. The summed E-state index contributed by atoms with van der Waals surface area (Å²) in [6.07, 6.45) is 0.910. The number of nitrogens with one attached hydrogen (secondary N) is 1. The fourth-order valence-electron chi connectivity index (χ4n) is 2.16. The van der Waals surface area contributed by atoms with Crippen molar-refractivity contribution in [2.24, 2.45) is 11.7 Å². The highest BCUT2D eigenvalue weighted by Crippen LogP contribution is 2.10. The molecule has 108 valence electrons. The Balaban J connectivity index is 0.00000324. The van der Waals surface area contributed by atoms with E-state index in [1.54, 1.807) is 0 Å². The van der Waals surface area contributed by atoms with Gasteiger partial charge in [-0.1, -0.05) is 31.0 Å². The predicted octanol–water partition coefficient (Wildman–Crippen LogP) is 2.83. The van der Waals surface area contributed by atoms with E-state index >= 15 is 0 Å². The Labute approximate surface area is 122 Å². The number of halogens is 1. The standard InChI is InChI=1S/C15H24N2O.ClH/c1-10(2)5-14(9-16)17-15(18)13-7-11(3)6-12(4)8-13;/h6-8,10,14H,5,9,16H2,1-4H3,(H,17,18);1H. The maximum absolute atomic E-state index is 12.1. The van der Waals surface area contributed by atoms with Crippen LogP contribution in [0.1, 0.15) is 41.8 Å². The van der Waals surface area contributed by atoms with Gasteiger partial charge >= 0.3 is 0 Å². The maximum atomic E-state index is 12.1. The number of aryl methyl sites for hydroxylation is 2. The van der Waals surface area contributed by atoms with Crippen LogP contribution in [0.5, 0.6) is 0 Å². The van der Waals surface area contributed by atoms with Gasteiger partial charge in [-0.05, 0) is 38.3 Å². The number of amides is 1. The largest absolute Gasteiger partial charge is 0.348 e. The first-order valence-electron chi connectivity index (χ1n) is 6.51. The van der Waals surface area contributed by atoms with Gasteiger partial charge in [-0.2, -0.15) is 0 Å². The van der Waals surface area contributed by atoms with Crippen molar-refractivity contribution in [3.8, 4) is 0 Å². The Hall–Kier alpha value is -1.06. The van der Waals surface area contributed by atoms with Crippen molar-refractivity contribution in [1.29, 1.82) is 0 Å². The highest BCUT2D eigenvalue weighted by molar-refractivity contribution is 5.94. The minimum atomic E-state index is -0.0297. The third-order valence-corrected chi connectivity index (χ3v) is 2.86. The summed E-state index contributed by atoms with van der Waals surface area (Å²) in [6.45, 7) is 8.74. The highest BCUT2D eigenvalue weighted by Gasteiger charge is 2.14. The van der Waals surface area contributed by atoms with E-state index < -0.39 is 0 Å². The van der Waals surface area contributed by atoms with Crippen LogP contribution in [-0.2, 0) is 0 Å². The van der Waals surface area contributed by atoms with Crippen molar-refractivity contribution >= 4 is 18.3 Å².